The number of ether oxygens (including phenoxy) is 1. The number of alkyl halides is 6. The van der Waals surface area contributed by atoms with Crippen molar-refractivity contribution >= 4 is 11.8 Å². The molecule has 0 bridgehead atoms. The number of nitrogens with zero attached hydrogens (tertiary/aromatic N) is 1. The third-order valence-electron chi connectivity index (χ3n) is 4.84. The van der Waals surface area contributed by atoms with Gasteiger partial charge in [0, 0.05) is 13.0 Å². The highest BCUT2D eigenvalue weighted by Gasteiger charge is 2.37. The minimum Gasteiger partial charge on any atom is -0.460 e. The molecule has 0 aliphatic carbocycles. The van der Waals surface area contributed by atoms with Crippen molar-refractivity contribution in [2.45, 2.75) is 38.0 Å². The molecule has 2 aromatic carbocycles. The second kappa shape index (κ2) is 8.70. The van der Waals surface area contributed by atoms with Crippen LogP contribution in [0.15, 0.2) is 48.5 Å². The van der Waals surface area contributed by atoms with Gasteiger partial charge in [0.05, 0.1) is 17.7 Å². The highest BCUT2D eigenvalue weighted by Crippen LogP contribution is 2.30. The van der Waals surface area contributed by atoms with Crippen molar-refractivity contribution in [1.82, 2.24) is 4.90 Å². The number of ketones is 1. The molecule has 0 unspecified atom stereocenters. The molecule has 31 heavy (non-hydrogen) atoms. The van der Waals surface area contributed by atoms with Crippen molar-refractivity contribution in [3.05, 3.63) is 70.8 Å². The van der Waals surface area contributed by atoms with E-state index in [0.29, 0.717) is 11.1 Å². The van der Waals surface area contributed by atoms with Crippen molar-refractivity contribution < 1.29 is 40.7 Å². The molecule has 1 saturated heterocycles. The van der Waals surface area contributed by atoms with Crippen molar-refractivity contribution in [3.63, 3.8) is 0 Å². The molecule has 4 nitrogen and oxygen atoms in total. The first kappa shape index (κ1) is 22.8. The number of carbonyl (C=O) groups excluding carboxylic acids is 2. The molecule has 0 saturated carbocycles. The fourth-order valence-electron chi connectivity index (χ4n) is 3.22. The molecule has 0 N–H and O–H groups in total. The van der Waals surface area contributed by atoms with Crippen LogP contribution in [-0.4, -0.2) is 29.2 Å². The van der Waals surface area contributed by atoms with E-state index in [-0.39, 0.29) is 31.9 Å². The average molecular weight is 445 g/mol. The molecule has 0 aromatic heterocycles. The van der Waals surface area contributed by atoms with Gasteiger partial charge in [-0.2, -0.15) is 26.3 Å². The molecular formula is C21H17F6NO3. The molecule has 0 spiro atoms. The van der Waals surface area contributed by atoms with E-state index in [0.717, 1.165) is 24.3 Å². The van der Waals surface area contributed by atoms with Crippen LogP contribution in [0.5, 0.6) is 0 Å². The second-order valence-electron chi connectivity index (χ2n) is 7.16. The standard InChI is InChI=1S/C21H17F6NO3/c22-20(23,24)15-5-1-13(2-6-15)10-28-11-17(29)9-18(28)19(30)31-12-14-3-7-16(8-4-14)21(25,26)27/h1-8,18H,9-12H2/t18-/m1/s1. The molecule has 0 radical (unpaired) electrons. The Morgan fingerprint density at radius 1 is 0.871 bits per heavy atom. The first-order valence-electron chi connectivity index (χ1n) is 9.18. The zero-order chi connectivity index (χ0) is 22.8. The highest BCUT2D eigenvalue weighted by molar-refractivity contribution is 5.91. The lowest BCUT2D eigenvalue weighted by molar-refractivity contribution is -0.150. The van der Waals surface area contributed by atoms with Gasteiger partial charge in [-0.05, 0) is 35.4 Å². The summed E-state index contributed by atoms with van der Waals surface area (Å²) in [5, 5.41) is 0. The maximum absolute atomic E-state index is 12.7. The van der Waals surface area contributed by atoms with Crippen LogP contribution < -0.4 is 0 Å². The average Bonchev–Trinajstić information content (AvgIpc) is 3.05. The van der Waals surface area contributed by atoms with Gasteiger partial charge in [0.15, 0.2) is 0 Å². The summed E-state index contributed by atoms with van der Waals surface area (Å²) in [4.78, 5) is 25.8. The Hall–Kier alpha value is -2.88. The van der Waals surface area contributed by atoms with E-state index in [9.17, 15) is 35.9 Å². The number of likely N-dealkylation sites (tertiary alicyclic amines) is 1. The van der Waals surface area contributed by atoms with Gasteiger partial charge >= 0.3 is 18.3 Å². The topological polar surface area (TPSA) is 46.6 Å². The summed E-state index contributed by atoms with van der Waals surface area (Å²) in [6, 6.07) is 7.61. The Kier molecular flexibility index (Phi) is 6.40. The van der Waals surface area contributed by atoms with Gasteiger partial charge in [0.1, 0.15) is 18.4 Å². The van der Waals surface area contributed by atoms with E-state index in [1.54, 1.807) is 0 Å². The Balaban J connectivity index is 1.61. The summed E-state index contributed by atoms with van der Waals surface area (Å²) in [6.45, 7) is -0.249. The molecule has 1 atom stereocenters. The number of hydrogen-bond donors (Lipinski definition) is 0. The van der Waals surface area contributed by atoms with Gasteiger partial charge in [0.2, 0.25) is 0 Å². The van der Waals surface area contributed by atoms with Crippen LogP contribution >= 0.6 is 0 Å². The molecule has 1 heterocycles. The first-order valence-corrected chi connectivity index (χ1v) is 9.18. The van der Waals surface area contributed by atoms with Crippen LogP contribution in [0.1, 0.15) is 28.7 Å². The summed E-state index contributed by atoms with van der Waals surface area (Å²) in [5.74, 6) is -0.943. The summed E-state index contributed by atoms with van der Waals surface area (Å²) >= 11 is 0. The number of hydrogen-bond acceptors (Lipinski definition) is 4. The number of Topliss-reactive ketones (excluding diaryl/α,β-unsaturated/α-hetero) is 1. The van der Waals surface area contributed by atoms with E-state index >= 15 is 0 Å². The SMILES string of the molecule is O=C1C[C@H](C(=O)OCc2ccc(C(F)(F)F)cc2)N(Cc2ccc(C(F)(F)F)cc2)C1. The summed E-state index contributed by atoms with van der Waals surface area (Å²) in [6.07, 6.45) is -9.04. The summed E-state index contributed by atoms with van der Waals surface area (Å²) in [5.41, 5.74) is -0.795. The third-order valence-corrected chi connectivity index (χ3v) is 4.84. The van der Waals surface area contributed by atoms with Crippen LogP contribution in [0.4, 0.5) is 26.3 Å². The lowest BCUT2D eigenvalue weighted by Crippen LogP contribution is -2.36. The number of carbonyl (C=O) groups is 2. The van der Waals surface area contributed by atoms with E-state index in [1.165, 1.54) is 29.2 Å². The van der Waals surface area contributed by atoms with Crippen LogP contribution in [0.25, 0.3) is 0 Å². The maximum atomic E-state index is 12.7. The number of esters is 1. The van der Waals surface area contributed by atoms with Gasteiger partial charge in [-0.1, -0.05) is 24.3 Å². The van der Waals surface area contributed by atoms with E-state index < -0.39 is 35.5 Å². The number of benzene rings is 2. The molecule has 10 heteroatoms. The number of halogens is 6. The predicted octanol–water partition coefficient (Wildman–Crippen LogP) is 4.61. The molecule has 2 aromatic rings. The van der Waals surface area contributed by atoms with E-state index in [2.05, 4.69) is 0 Å². The normalized spacial score (nSPS) is 17.7. The highest BCUT2D eigenvalue weighted by atomic mass is 19.4. The molecule has 1 fully saturated rings. The van der Waals surface area contributed by atoms with Crippen LogP contribution in [0.2, 0.25) is 0 Å². The third kappa shape index (κ3) is 5.84. The Labute approximate surface area is 173 Å². The zero-order valence-corrected chi connectivity index (χ0v) is 16.0. The lowest BCUT2D eigenvalue weighted by Gasteiger charge is -2.22. The van der Waals surface area contributed by atoms with E-state index in [4.69, 9.17) is 4.74 Å². The smallest absolute Gasteiger partial charge is 0.416 e. The molecular weight excluding hydrogens is 428 g/mol. The second-order valence-corrected chi connectivity index (χ2v) is 7.16. The molecule has 3 rings (SSSR count). The largest absolute Gasteiger partial charge is 0.460 e. The molecule has 1 aliphatic heterocycles. The van der Waals surface area contributed by atoms with Gasteiger partial charge in [-0.3, -0.25) is 14.5 Å². The van der Waals surface area contributed by atoms with Crippen LogP contribution in [0, 0.1) is 0 Å². The fraction of sp³-hybridized carbons (Fsp3) is 0.333. The monoisotopic (exact) mass is 445 g/mol. The van der Waals surface area contributed by atoms with Crippen LogP contribution in [0.3, 0.4) is 0 Å². The van der Waals surface area contributed by atoms with Gasteiger partial charge < -0.3 is 4.74 Å². The van der Waals surface area contributed by atoms with Crippen molar-refractivity contribution in [2.24, 2.45) is 0 Å². The minimum atomic E-state index is -4.47. The predicted molar refractivity (Wildman–Crippen MR) is 96.5 cm³/mol. The summed E-state index contributed by atoms with van der Waals surface area (Å²) in [7, 11) is 0. The minimum absolute atomic E-state index is 0.0545. The quantitative estimate of drug-likeness (QED) is 0.498. The first-order chi connectivity index (χ1) is 14.4. The van der Waals surface area contributed by atoms with Crippen LogP contribution in [-0.2, 0) is 39.8 Å². The van der Waals surface area contributed by atoms with Crippen molar-refractivity contribution in [2.75, 3.05) is 6.54 Å². The van der Waals surface area contributed by atoms with Gasteiger partial charge in [-0.25, -0.2) is 0 Å². The van der Waals surface area contributed by atoms with Gasteiger partial charge in [-0.15, -0.1) is 0 Å². The zero-order valence-electron chi connectivity index (χ0n) is 16.0. The molecule has 1 aliphatic rings. The number of rotatable bonds is 5. The Morgan fingerprint density at radius 2 is 1.35 bits per heavy atom. The lowest BCUT2D eigenvalue weighted by atomic mass is 10.1. The van der Waals surface area contributed by atoms with Gasteiger partial charge in [0.25, 0.3) is 0 Å². The van der Waals surface area contributed by atoms with Crippen molar-refractivity contribution in [3.8, 4) is 0 Å². The molecule has 166 valence electrons. The molecule has 0 amide bonds. The van der Waals surface area contributed by atoms with E-state index in [1.807, 2.05) is 0 Å². The Bertz CT molecular complexity index is 936. The fourth-order valence-corrected chi connectivity index (χ4v) is 3.22. The van der Waals surface area contributed by atoms with Crippen molar-refractivity contribution in [1.29, 1.82) is 0 Å². The summed E-state index contributed by atoms with van der Waals surface area (Å²) < 4.78 is 81.0. The Morgan fingerprint density at radius 3 is 1.84 bits per heavy atom. The maximum Gasteiger partial charge on any atom is 0.416 e.